The number of pyridine rings is 1. The van der Waals surface area contributed by atoms with Gasteiger partial charge in [-0.25, -0.2) is 4.98 Å². The fourth-order valence-corrected chi connectivity index (χ4v) is 3.51. The van der Waals surface area contributed by atoms with E-state index in [1.165, 1.54) is 0 Å². The first kappa shape index (κ1) is 17.1. The third-order valence-electron chi connectivity index (χ3n) is 4.97. The molecule has 0 atom stereocenters. The van der Waals surface area contributed by atoms with Crippen LogP contribution in [0.15, 0.2) is 71.9 Å². The number of benzene rings is 2. The first-order chi connectivity index (χ1) is 14.2. The SMILES string of the molecule is Cc1ccccc1-n1c(/C=C/c2cccc3cn[nH]c23)nc2cnccc2c1=O. The quantitative estimate of drug-likeness (QED) is 0.511. The van der Waals surface area contributed by atoms with Gasteiger partial charge in [0, 0.05) is 17.1 Å². The second-order valence-electron chi connectivity index (χ2n) is 6.80. The second kappa shape index (κ2) is 6.83. The normalized spacial score (nSPS) is 11.6. The fraction of sp³-hybridized carbons (Fsp3) is 0.0435. The lowest BCUT2D eigenvalue weighted by atomic mass is 10.1. The molecule has 3 aromatic heterocycles. The highest BCUT2D eigenvalue weighted by molar-refractivity contribution is 5.89. The number of para-hydroxylation sites is 2. The van der Waals surface area contributed by atoms with E-state index in [1.54, 1.807) is 29.2 Å². The van der Waals surface area contributed by atoms with Gasteiger partial charge in [-0.2, -0.15) is 5.10 Å². The van der Waals surface area contributed by atoms with E-state index in [0.29, 0.717) is 16.7 Å². The highest BCUT2D eigenvalue weighted by Gasteiger charge is 2.12. The third kappa shape index (κ3) is 2.91. The van der Waals surface area contributed by atoms with Gasteiger partial charge in [0.05, 0.1) is 34.5 Å². The Kier molecular flexibility index (Phi) is 4.02. The first-order valence-corrected chi connectivity index (χ1v) is 9.25. The van der Waals surface area contributed by atoms with Crippen molar-refractivity contribution in [3.63, 3.8) is 0 Å². The van der Waals surface area contributed by atoms with E-state index in [0.717, 1.165) is 27.7 Å². The first-order valence-electron chi connectivity index (χ1n) is 9.25. The standard InChI is InChI=1S/C23H17N5O/c1-15-5-2-3-8-20(15)28-21(26-19-14-24-12-11-18(19)23(28)29)10-9-16-6-4-7-17-13-25-27-22(16)17/h2-14H,1H3,(H,25,27)/b10-9+. The van der Waals surface area contributed by atoms with Crippen LogP contribution < -0.4 is 5.56 Å². The summed E-state index contributed by atoms with van der Waals surface area (Å²) in [6.45, 7) is 1.98. The molecule has 5 rings (SSSR count). The molecule has 6 heteroatoms. The van der Waals surface area contributed by atoms with Gasteiger partial charge >= 0.3 is 0 Å². The topological polar surface area (TPSA) is 76.5 Å². The Balaban J connectivity index is 1.76. The molecule has 1 N–H and O–H groups in total. The Morgan fingerprint density at radius 1 is 1.00 bits per heavy atom. The van der Waals surface area contributed by atoms with Gasteiger partial charge in [0.15, 0.2) is 0 Å². The van der Waals surface area contributed by atoms with Crippen LogP contribution in [0.2, 0.25) is 0 Å². The molecule has 0 fully saturated rings. The zero-order chi connectivity index (χ0) is 19.8. The van der Waals surface area contributed by atoms with E-state index < -0.39 is 0 Å². The van der Waals surface area contributed by atoms with Crippen LogP contribution in [-0.4, -0.2) is 24.7 Å². The highest BCUT2D eigenvalue weighted by atomic mass is 16.1. The van der Waals surface area contributed by atoms with Crippen LogP contribution >= 0.6 is 0 Å². The average molecular weight is 379 g/mol. The lowest BCUT2D eigenvalue weighted by Gasteiger charge is -2.13. The number of aryl methyl sites for hydroxylation is 1. The number of H-pyrrole nitrogens is 1. The summed E-state index contributed by atoms with van der Waals surface area (Å²) in [4.78, 5) is 22.2. The minimum Gasteiger partial charge on any atom is -0.277 e. The fourth-order valence-electron chi connectivity index (χ4n) is 3.51. The summed E-state index contributed by atoms with van der Waals surface area (Å²) in [7, 11) is 0. The Hall–Kier alpha value is -4.06. The number of rotatable bonds is 3. The van der Waals surface area contributed by atoms with Crippen molar-refractivity contribution in [2.45, 2.75) is 6.92 Å². The average Bonchev–Trinajstić information content (AvgIpc) is 3.23. The van der Waals surface area contributed by atoms with Gasteiger partial charge in [0.25, 0.3) is 5.56 Å². The summed E-state index contributed by atoms with van der Waals surface area (Å²) in [6.07, 6.45) is 8.82. The maximum atomic E-state index is 13.3. The zero-order valence-electron chi connectivity index (χ0n) is 15.7. The molecule has 0 unspecified atom stereocenters. The van der Waals surface area contributed by atoms with Crippen LogP contribution in [0.25, 0.3) is 39.6 Å². The summed E-state index contributed by atoms with van der Waals surface area (Å²) >= 11 is 0. The van der Waals surface area contributed by atoms with E-state index in [1.807, 2.05) is 61.5 Å². The molecule has 140 valence electrons. The molecule has 0 aliphatic carbocycles. The molecule has 5 aromatic rings. The molecule has 0 spiro atoms. The summed E-state index contributed by atoms with van der Waals surface area (Å²) in [5.74, 6) is 0.543. The van der Waals surface area contributed by atoms with Crippen molar-refractivity contribution in [3.05, 3.63) is 94.4 Å². The van der Waals surface area contributed by atoms with E-state index in [9.17, 15) is 4.79 Å². The minimum atomic E-state index is -0.119. The van der Waals surface area contributed by atoms with Crippen molar-refractivity contribution in [1.82, 2.24) is 24.7 Å². The van der Waals surface area contributed by atoms with Crippen LogP contribution in [-0.2, 0) is 0 Å². The van der Waals surface area contributed by atoms with Crippen molar-refractivity contribution >= 4 is 34.0 Å². The second-order valence-corrected chi connectivity index (χ2v) is 6.80. The largest absolute Gasteiger partial charge is 0.277 e. The molecule has 0 radical (unpaired) electrons. The summed E-state index contributed by atoms with van der Waals surface area (Å²) in [5, 5.41) is 8.70. The smallest absolute Gasteiger partial charge is 0.266 e. The maximum absolute atomic E-state index is 13.3. The van der Waals surface area contributed by atoms with Crippen molar-refractivity contribution < 1.29 is 0 Å². The van der Waals surface area contributed by atoms with E-state index in [2.05, 4.69) is 15.2 Å². The number of aromatic amines is 1. The maximum Gasteiger partial charge on any atom is 0.266 e. The lowest BCUT2D eigenvalue weighted by molar-refractivity contribution is 0.933. The molecule has 0 aliphatic rings. The summed E-state index contributed by atoms with van der Waals surface area (Å²) < 4.78 is 1.65. The molecule has 29 heavy (non-hydrogen) atoms. The van der Waals surface area contributed by atoms with E-state index in [-0.39, 0.29) is 5.56 Å². The molecular weight excluding hydrogens is 362 g/mol. The van der Waals surface area contributed by atoms with Crippen LogP contribution in [0.4, 0.5) is 0 Å². The van der Waals surface area contributed by atoms with Crippen molar-refractivity contribution in [2.75, 3.05) is 0 Å². The lowest BCUT2D eigenvalue weighted by Crippen LogP contribution is -2.23. The van der Waals surface area contributed by atoms with Gasteiger partial charge in [-0.3, -0.25) is 19.4 Å². The number of hydrogen-bond donors (Lipinski definition) is 1. The Morgan fingerprint density at radius 3 is 2.79 bits per heavy atom. The third-order valence-corrected chi connectivity index (χ3v) is 4.97. The number of aromatic nitrogens is 5. The van der Waals surface area contributed by atoms with Crippen molar-refractivity contribution in [3.8, 4) is 5.69 Å². The van der Waals surface area contributed by atoms with Crippen LogP contribution in [0, 0.1) is 6.92 Å². The summed E-state index contributed by atoms with van der Waals surface area (Å²) in [5.41, 5.74) is 4.17. The molecule has 0 aliphatic heterocycles. The van der Waals surface area contributed by atoms with E-state index in [4.69, 9.17) is 4.98 Å². The molecule has 0 amide bonds. The Morgan fingerprint density at radius 2 is 1.90 bits per heavy atom. The zero-order valence-corrected chi connectivity index (χ0v) is 15.7. The van der Waals surface area contributed by atoms with Crippen LogP contribution in [0.5, 0.6) is 0 Å². The van der Waals surface area contributed by atoms with Gasteiger partial charge in [-0.1, -0.05) is 36.4 Å². The number of nitrogens with zero attached hydrogens (tertiary/aromatic N) is 4. The number of hydrogen-bond acceptors (Lipinski definition) is 4. The highest BCUT2D eigenvalue weighted by Crippen LogP contribution is 2.20. The molecule has 2 aromatic carbocycles. The summed E-state index contributed by atoms with van der Waals surface area (Å²) in [6, 6.07) is 15.5. The van der Waals surface area contributed by atoms with Crippen molar-refractivity contribution in [2.24, 2.45) is 0 Å². The Labute approximate surface area is 166 Å². The molecule has 0 bridgehead atoms. The molecule has 0 saturated carbocycles. The van der Waals surface area contributed by atoms with Gasteiger partial charge in [0.1, 0.15) is 5.82 Å². The van der Waals surface area contributed by atoms with Crippen LogP contribution in [0.3, 0.4) is 0 Å². The van der Waals surface area contributed by atoms with Gasteiger partial charge in [-0.15, -0.1) is 0 Å². The molecule has 0 saturated heterocycles. The molecule has 3 heterocycles. The van der Waals surface area contributed by atoms with Gasteiger partial charge < -0.3 is 0 Å². The van der Waals surface area contributed by atoms with Crippen LogP contribution in [0.1, 0.15) is 17.0 Å². The monoisotopic (exact) mass is 379 g/mol. The minimum absolute atomic E-state index is 0.119. The predicted octanol–water partition coefficient (Wildman–Crippen LogP) is 4.14. The van der Waals surface area contributed by atoms with E-state index >= 15 is 0 Å². The van der Waals surface area contributed by atoms with Crippen molar-refractivity contribution in [1.29, 1.82) is 0 Å². The Bertz CT molecular complexity index is 1440. The number of nitrogens with one attached hydrogen (secondary N) is 1. The van der Waals surface area contributed by atoms with Gasteiger partial charge in [-0.05, 0) is 36.8 Å². The predicted molar refractivity (Wildman–Crippen MR) is 115 cm³/mol. The van der Waals surface area contributed by atoms with Gasteiger partial charge in [0.2, 0.25) is 0 Å². The number of fused-ring (bicyclic) bond motifs is 2. The molecular formula is C23H17N5O. The molecule has 6 nitrogen and oxygen atoms in total.